The summed E-state index contributed by atoms with van der Waals surface area (Å²) in [6.07, 6.45) is 9.38. The summed E-state index contributed by atoms with van der Waals surface area (Å²) in [5.41, 5.74) is 5.61. The van der Waals surface area contributed by atoms with E-state index in [-0.39, 0.29) is 12.3 Å². The van der Waals surface area contributed by atoms with Gasteiger partial charge in [-0.3, -0.25) is 4.79 Å². The van der Waals surface area contributed by atoms with Crippen LogP contribution < -0.4 is 5.73 Å². The van der Waals surface area contributed by atoms with E-state index < -0.39 is 5.97 Å². The molecule has 1 fully saturated rings. The maximum atomic E-state index is 10.6. The summed E-state index contributed by atoms with van der Waals surface area (Å²) < 4.78 is 0. The Kier molecular flexibility index (Phi) is 6.56. The summed E-state index contributed by atoms with van der Waals surface area (Å²) in [6.45, 7) is 2.73. The predicted molar refractivity (Wildman–Crippen MR) is 69.8 cm³/mol. The van der Waals surface area contributed by atoms with E-state index in [0.29, 0.717) is 12.5 Å². The Labute approximate surface area is 105 Å². The van der Waals surface area contributed by atoms with E-state index in [2.05, 4.69) is 6.92 Å². The zero-order chi connectivity index (χ0) is 12.7. The van der Waals surface area contributed by atoms with Gasteiger partial charge in [-0.2, -0.15) is 0 Å². The SMILES string of the molecule is CC(CCCC1CCC1)CC(CN)CC(=O)O. The summed E-state index contributed by atoms with van der Waals surface area (Å²) in [5, 5.41) is 8.76. The zero-order valence-corrected chi connectivity index (χ0v) is 11.0. The summed E-state index contributed by atoms with van der Waals surface area (Å²) in [7, 11) is 0. The van der Waals surface area contributed by atoms with Crippen LogP contribution >= 0.6 is 0 Å². The van der Waals surface area contributed by atoms with Crippen molar-refractivity contribution >= 4 is 5.97 Å². The Morgan fingerprint density at radius 1 is 1.47 bits per heavy atom. The molecule has 100 valence electrons. The van der Waals surface area contributed by atoms with Crippen molar-refractivity contribution in [3.8, 4) is 0 Å². The van der Waals surface area contributed by atoms with Gasteiger partial charge in [0.2, 0.25) is 0 Å². The molecule has 0 aromatic heterocycles. The lowest BCUT2D eigenvalue weighted by Crippen LogP contribution is -2.20. The van der Waals surface area contributed by atoms with Crippen LogP contribution in [-0.2, 0) is 4.79 Å². The number of carbonyl (C=O) groups is 1. The lowest BCUT2D eigenvalue weighted by Gasteiger charge is -2.26. The third-order valence-electron chi connectivity index (χ3n) is 4.07. The minimum atomic E-state index is -0.720. The molecule has 0 aromatic carbocycles. The minimum absolute atomic E-state index is 0.159. The lowest BCUT2D eigenvalue weighted by atomic mass is 9.80. The van der Waals surface area contributed by atoms with E-state index in [1.54, 1.807) is 0 Å². The smallest absolute Gasteiger partial charge is 0.303 e. The van der Waals surface area contributed by atoms with Gasteiger partial charge in [0.25, 0.3) is 0 Å². The first-order chi connectivity index (χ1) is 8.11. The monoisotopic (exact) mass is 241 g/mol. The van der Waals surface area contributed by atoms with Crippen LogP contribution in [0.15, 0.2) is 0 Å². The highest BCUT2D eigenvalue weighted by Gasteiger charge is 2.18. The van der Waals surface area contributed by atoms with Gasteiger partial charge in [-0.1, -0.05) is 45.4 Å². The fraction of sp³-hybridized carbons (Fsp3) is 0.929. The van der Waals surface area contributed by atoms with Crippen molar-refractivity contribution in [3.63, 3.8) is 0 Å². The van der Waals surface area contributed by atoms with E-state index in [0.717, 1.165) is 12.3 Å². The first-order valence-electron chi connectivity index (χ1n) is 7.03. The second-order valence-electron chi connectivity index (χ2n) is 5.77. The van der Waals surface area contributed by atoms with Gasteiger partial charge in [-0.25, -0.2) is 0 Å². The standard InChI is InChI=1S/C14H27NO2/c1-11(4-2-5-12-6-3-7-12)8-13(10-15)9-14(16)17/h11-13H,2-10,15H2,1H3,(H,16,17). The third-order valence-corrected chi connectivity index (χ3v) is 4.07. The third kappa shape index (κ3) is 6.06. The van der Waals surface area contributed by atoms with Crippen molar-refractivity contribution in [1.29, 1.82) is 0 Å². The van der Waals surface area contributed by atoms with Gasteiger partial charge in [0.15, 0.2) is 0 Å². The van der Waals surface area contributed by atoms with Crippen LogP contribution in [0.25, 0.3) is 0 Å². The number of carboxylic acid groups (broad SMARTS) is 1. The molecular weight excluding hydrogens is 214 g/mol. The molecule has 1 aliphatic rings. The highest BCUT2D eigenvalue weighted by molar-refractivity contribution is 5.67. The molecule has 3 heteroatoms. The van der Waals surface area contributed by atoms with Gasteiger partial charge in [0.1, 0.15) is 0 Å². The first-order valence-corrected chi connectivity index (χ1v) is 7.03. The number of rotatable bonds is 9. The highest BCUT2D eigenvalue weighted by Crippen LogP contribution is 2.32. The molecule has 0 radical (unpaired) electrons. The van der Waals surface area contributed by atoms with Crippen molar-refractivity contribution < 1.29 is 9.90 Å². The Bertz CT molecular complexity index is 226. The molecule has 1 saturated carbocycles. The molecule has 3 N–H and O–H groups in total. The molecule has 1 aliphatic carbocycles. The van der Waals surface area contributed by atoms with Crippen molar-refractivity contribution in [2.75, 3.05) is 6.54 Å². The van der Waals surface area contributed by atoms with Gasteiger partial charge in [-0.05, 0) is 30.7 Å². The van der Waals surface area contributed by atoms with Crippen LogP contribution in [0, 0.1) is 17.8 Å². The molecule has 0 bridgehead atoms. The van der Waals surface area contributed by atoms with Crippen molar-refractivity contribution in [2.45, 2.75) is 58.3 Å². The van der Waals surface area contributed by atoms with Crippen LogP contribution in [0.5, 0.6) is 0 Å². The molecule has 0 heterocycles. The molecule has 2 atom stereocenters. The number of hydrogen-bond donors (Lipinski definition) is 2. The molecule has 0 saturated heterocycles. The largest absolute Gasteiger partial charge is 0.481 e. The molecule has 17 heavy (non-hydrogen) atoms. The molecular formula is C14H27NO2. The van der Waals surface area contributed by atoms with Crippen LogP contribution in [0.4, 0.5) is 0 Å². The predicted octanol–water partition coefficient (Wildman–Crippen LogP) is 3.03. The number of aliphatic carboxylic acids is 1. The lowest BCUT2D eigenvalue weighted by molar-refractivity contribution is -0.138. The van der Waals surface area contributed by atoms with Crippen LogP contribution in [0.2, 0.25) is 0 Å². The number of carboxylic acids is 1. The summed E-state index contributed by atoms with van der Waals surface area (Å²) in [4.78, 5) is 10.6. The maximum Gasteiger partial charge on any atom is 0.303 e. The first kappa shape index (κ1) is 14.5. The van der Waals surface area contributed by atoms with Gasteiger partial charge < -0.3 is 10.8 Å². The highest BCUT2D eigenvalue weighted by atomic mass is 16.4. The van der Waals surface area contributed by atoms with E-state index in [1.165, 1.54) is 38.5 Å². The fourth-order valence-corrected chi connectivity index (χ4v) is 2.73. The maximum absolute atomic E-state index is 10.6. The van der Waals surface area contributed by atoms with Gasteiger partial charge in [0, 0.05) is 6.42 Å². The molecule has 3 nitrogen and oxygen atoms in total. The van der Waals surface area contributed by atoms with Crippen molar-refractivity contribution in [1.82, 2.24) is 0 Å². The summed E-state index contributed by atoms with van der Waals surface area (Å²) in [5.74, 6) is 1.04. The Hall–Kier alpha value is -0.570. The number of nitrogens with two attached hydrogens (primary N) is 1. The molecule has 0 spiro atoms. The van der Waals surface area contributed by atoms with Crippen molar-refractivity contribution in [3.05, 3.63) is 0 Å². The van der Waals surface area contributed by atoms with Gasteiger partial charge in [-0.15, -0.1) is 0 Å². The Morgan fingerprint density at radius 2 is 2.18 bits per heavy atom. The van der Waals surface area contributed by atoms with E-state index in [1.807, 2.05) is 0 Å². The summed E-state index contributed by atoms with van der Waals surface area (Å²) in [6, 6.07) is 0. The average molecular weight is 241 g/mol. The second-order valence-corrected chi connectivity index (χ2v) is 5.77. The fourth-order valence-electron chi connectivity index (χ4n) is 2.73. The van der Waals surface area contributed by atoms with E-state index in [9.17, 15) is 4.79 Å². The minimum Gasteiger partial charge on any atom is -0.481 e. The Balaban J connectivity index is 2.08. The van der Waals surface area contributed by atoms with E-state index in [4.69, 9.17) is 10.8 Å². The normalized spacial score (nSPS) is 19.6. The van der Waals surface area contributed by atoms with Crippen molar-refractivity contribution in [2.24, 2.45) is 23.5 Å². The molecule has 0 amide bonds. The molecule has 0 aromatic rings. The molecule has 0 aliphatic heterocycles. The average Bonchev–Trinajstić information content (AvgIpc) is 2.20. The van der Waals surface area contributed by atoms with Gasteiger partial charge in [0.05, 0.1) is 0 Å². The van der Waals surface area contributed by atoms with Crippen LogP contribution in [-0.4, -0.2) is 17.6 Å². The van der Waals surface area contributed by atoms with Crippen LogP contribution in [0.3, 0.4) is 0 Å². The van der Waals surface area contributed by atoms with Crippen LogP contribution in [0.1, 0.15) is 58.3 Å². The topological polar surface area (TPSA) is 63.3 Å². The van der Waals surface area contributed by atoms with E-state index >= 15 is 0 Å². The molecule has 2 unspecified atom stereocenters. The van der Waals surface area contributed by atoms with Gasteiger partial charge >= 0.3 is 5.97 Å². The number of hydrogen-bond acceptors (Lipinski definition) is 2. The zero-order valence-electron chi connectivity index (χ0n) is 11.0. The Morgan fingerprint density at radius 3 is 2.65 bits per heavy atom. The summed E-state index contributed by atoms with van der Waals surface area (Å²) >= 11 is 0. The quantitative estimate of drug-likeness (QED) is 0.652. The second kappa shape index (κ2) is 7.70. The molecule has 1 rings (SSSR count).